The smallest absolute Gasteiger partial charge is 0.303 e. The van der Waals surface area contributed by atoms with Gasteiger partial charge < -0.3 is 34.1 Å². The quantitative estimate of drug-likeness (QED) is 0.588. The number of ether oxygens (including phenoxy) is 4. The number of carbonyl (C=O) groups is 1. The second kappa shape index (κ2) is 10.3. The summed E-state index contributed by atoms with van der Waals surface area (Å²) in [6, 6.07) is 8.77. The number of benzene rings is 2. The second-order valence-electron chi connectivity index (χ2n) is 6.31. The van der Waals surface area contributed by atoms with Crippen LogP contribution in [-0.2, 0) is 11.3 Å². The molecule has 8 heteroatoms. The normalized spacial score (nSPS) is 10.3. The van der Waals surface area contributed by atoms with E-state index in [1.165, 1.54) is 7.11 Å². The number of rotatable bonds is 11. The third kappa shape index (κ3) is 5.60. The van der Waals surface area contributed by atoms with Gasteiger partial charge in [0.1, 0.15) is 0 Å². The molecule has 158 valence electrons. The summed E-state index contributed by atoms with van der Waals surface area (Å²) < 4.78 is 21.3. The molecular formula is C21H27NO7. The molecule has 29 heavy (non-hydrogen) atoms. The van der Waals surface area contributed by atoms with E-state index >= 15 is 0 Å². The molecule has 0 aromatic heterocycles. The lowest BCUT2D eigenvalue weighted by molar-refractivity contribution is -0.137. The topological polar surface area (TPSA) is 97.7 Å². The van der Waals surface area contributed by atoms with Crippen molar-refractivity contribution in [3.8, 4) is 28.7 Å². The van der Waals surface area contributed by atoms with Crippen LogP contribution in [0.2, 0.25) is 0 Å². The first kappa shape index (κ1) is 22.0. The molecule has 2 aromatic rings. The maximum atomic E-state index is 10.9. The largest absolute Gasteiger partial charge is 0.504 e. The fraction of sp³-hybridized carbons (Fsp3) is 0.381. The van der Waals surface area contributed by atoms with E-state index in [1.807, 2.05) is 23.1 Å². The van der Waals surface area contributed by atoms with Crippen LogP contribution in [0.1, 0.15) is 18.4 Å². The van der Waals surface area contributed by atoms with Crippen LogP contribution in [0, 0.1) is 0 Å². The van der Waals surface area contributed by atoms with Crippen LogP contribution in [0.15, 0.2) is 30.3 Å². The summed E-state index contributed by atoms with van der Waals surface area (Å²) in [5.41, 5.74) is 1.62. The number of carboxylic acids is 1. The van der Waals surface area contributed by atoms with Crippen LogP contribution >= 0.6 is 0 Å². The van der Waals surface area contributed by atoms with E-state index in [4.69, 9.17) is 24.1 Å². The number of hydrogen-bond acceptors (Lipinski definition) is 7. The van der Waals surface area contributed by atoms with E-state index < -0.39 is 5.97 Å². The van der Waals surface area contributed by atoms with Crippen LogP contribution in [-0.4, -0.2) is 51.2 Å². The number of anilines is 1. The number of phenols is 1. The SMILES string of the molecule is COc1ccc(N(CCCC(=O)O)Cc2cc(OC)c(OC)c(OC)c2)cc1O. The number of methoxy groups -OCH3 is 4. The van der Waals surface area contributed by atoms with Gasteiger partial charge in [0.15, 0.2) is 23.0 Å². The van der Waals surface area contributed by atoms with E-state index in [2.05, 4.69) is 0 Å². The number of aromatic hydroxyl groups is 1. The summed E-state index contributed by atoms with van der Waals surface area (Å²) in [7, 11) is 6.12. The Morgan fingerprint density at radius 2 is 1.55 bits per heavy atom. The molecule has 0 fully saturated rings. The molecule has 0 saturated heterocycles. The van der Waals surface area contributed by atoms with E-state index in [0.717, 1.165) is 11.3 Å². The van der Waals surface area contributed by atoms with E-state index in [0.29, 0.717) is 42.5 Å². The van der Waals surface area contributed by atoms with E-state index in [1.54, 1.807) is 33.5 Å². The standard InChI is InChI=1S/C21H27NO7/c1-26-17-8-7-15(12-16(17)23)22(9-5-6-20(24)25)13-14-10-18(27-2)21(29-4)19(11-14)28-3/h7-8,10-12,23H,5-6,9,13H2,1-4H3,(H,24,25). The predicted octanol–water partition coefficient (Wildman–Crippen LogP) is 3.30. The number of carboxylic acid groups (broad SMARTS) is 1. The monoisotopic (exact) mass is 405 g/mol. The molecule has 8 nitrogen and oxygen atoms in total. The highest BCUT2D eigenvalue weighted by molar-refractivity contribution is 5.66. The van der Waals surface area contributed by atoms with Gasteiger partial charge in [-0.25, -0.2) is 0 Å². The minimum absolute atomic E-state index is 0.0122. The van der Waals surface area contributed by atoms with Crippen molar-refractivity contribution in [3.05, 3.63) is 35.9 Å². The van der Waals surface area contributed by atoms with Crippen molar-refractivity contribution in [3.63, 3.8) is 0 Å². The van der Waals surface area contributed by atoms with Crippen molar-refractivity contribution in [2.45, 2.75) is 19.4 Å². The van der Waals surface area contributed by atoms with Crippen molar-refractivity contribution in [1.29, 1.82) is 0 Å². The van der Waals surface area contributed by atoms with Crippen LogP contribution < -0.4 is 23.8 Å². The molecule has 2 N–H and O–H groups in total. The summed E-state index contributed by atoms with van der Waals surface area (Å²) in [5, 5.41) is 19.1. The zero-order valence-electron chi connectivity index (χ0n) is 17.1. The van der Waals surface area contributed by atoms with Gasteiger partial charge >= 0.3 is 5.97 Å². The molecule has 0 amide bonds. The van der Waals surface area contributed by atoms with Crippen molar-refractivity contribution in [2.24, 2.45) is 0 Å². The third-order valence-corrected chi connectivity index (χ3v) is 4.44. The average molecular weight is 405 g/mol. The first-order valence-electron chi connectivity index (χ1n) is 9.06. The molecule has 2 rings (SSSR count). The minimum atomic E-state index is -0.852. The van der Waals surface area contributed by atoms with Gasteiger partial charge in [0, 0.05) is 31.3 Å². The number of hydrogen-bond donors (Lipinski definition) is 2. The van der Waals surface area contributed by atoms with Gasteiger partial charge in [-0.3, -0.25) is 4.79 Å². The van der Waals surface area contributed by atoms with E-state index in [9.17, 15) is 9.90 Å². The van der Waals surface area contributed by atoms with Gasteiger partial charge in [-0.1, -0.05) is 0 Å². The Bertz CT molecular complexity index is 813. The van der Waals surface area contributed by atoms with Gasteiger partial charge in [0.25, 0.3) is 0 Å². The number of phenolic OH excluding ortho intramolecular Hbond substituents is 1. The Balaban J connectivity index is 2.36. The lowest BCUT2D eigenvalue weighted by Gasteiger charge is -2.26. The Kier molecular flexibility index (Phi) is 7.82. The zero-order valence-corrected chi connectivity index (χ0v) is 17.1. The van der Waals surface area contributed by atoms with Gasteiger partial charge in [0.2, 0.25) is 5.75 Å². The summed E-state index contributed by atoms with van der Waals surface area (Å²) in [4.78, 5) is 12.9. The molecule has 2 aromatic carbocycles. The van der Waals surface area contributed by atoms with E-state index in [-0.39, 0.29) is 12.2 Å². The van der Waals surface area contributed by atoms with Crippen molar-refractivity contribution >= 4 is 11.7 Å². The molecule has 0 bridgehead atoms. The summed E-state index contributed by atoms with van der Waals surface area (Å²) in [6.45, 7) is 0.927. The Morgan fingerprint density at radius 1 is 0.931 bits per heavy atom. The maximum absolute atomic E-state index is 10.9. The minimum Gasteiger partial charge on any atom is -0.504 e. The fourth-order valence-electron chi connectivity index (χ4n) is 3.04. The summed E-state index contributed by atoms with van der Waals surface area (Å²) in [6.07, 6.45) is 0.500. The molecule has 0 atom stereocenters. The molecule has 0 saturated carbocycles. The summed E-state index contributed by atoms with van der Waals surface area (Å²) >= 11 is 0. The van der Waals surface area contributed by atoms with Crippen LogP contribution in [0.4, 0.5) is 5.69 Å². The highest BCUT2D eigenvalue weighted by Crippen LogP contribution is 2.39. The number of nitrogens with zero attached hydrogens (tertiary/aromatic N) is 1. The molecule has 0 radical (unpaired) electrons. The van der Waals surface area contributed by atoms with Gasteiger partial charge in [-0.15, -0.1) is 0 Å². The average Bonchev–Trinajstić information content (AvgIpc) is 2.71. The molecular weight excluding hydrogens is 378 g/mol. The predicted molar refractivity (Wildman–Crippen MR) is 109 cm³/mol. The molecule has 0 aliphatic heterocycles. The van der Waals surface area contributed by atoms with Gasteiger partial charge in [0.05, 0.1) is 28.4 Å². The Morgan fingerprint density at radius 3 is 2.03 bits per heavy atom. The Labute approximate surface area is 170 Å². The first-order chi connectivity index (χ1) is 13.9. The number of aliphatic carboxylic acids is 1. The summed E-state index contributed by atoms with van der Waals surface area (Å²) in [5.74, 6) is 1.09. The lowest BCUT2D eigenvalue weighted by atomic mass is 10.1. The Hall–Kier alpha value is -3.29. The first-order valence-corrected chi connectivity index (χ1v) is 9.06. The van der Waals surface area contributed by atoms with Crippen molar-refractivity contribution in [2.75, 3.05) is 39.9 Å². The third-order valence-electron chi connectivity index (χ3n) is 4.44. The van der Waals surface area contributed by atoms with Crippen LogP contribution in [0.5, 0.6) is 28.7 Å². The highest BCUT2D eigenvalue weighted by atomic mass is 16.5. The van der Waals surface area contributed by atoms with Gasteiger partial charge in [-0.05, 0) is 36.2 Å². The van der Waals surface area contributed by atoms with Crippen molar-refractivity contribution < 1.29 is 34.0 Å². The van der Waals surface area contributed by atoms with Gasteiger partial charge in [-0.2, -0.15) is 0 Å². The molecule has 0 unspecified atom stereocenters. The molecule has 0 heterocycles. The molecule has 0 aliphatic carbocycles. The fourth-order valence-corrected chi connectivity index (χ4v) is 3.04. The second-order valence-corrected chi connectivity index (χ2v) is 6.31. The zero-order chi connectivity index (χ0) is 21.4. The maximum Gasteiger partial charge on any atom is 0.303 e. The molecule has 0 spiro atoms. The van der Waals surface area contributed by atoms with Crippen LogP contribution in [0.25, 0.3) is 0 Å². The highest BCUT2D eigenvalue weighted by Gasteiger charge is 2.17. The van der Waals surface area contributed by atoms with Crippen molar-refractivity contribution in [1.82, 2.24) is 0 Å². The molecule has 0 aliphatic rings. The van der Waals surface area contributed by atoms with Crippen LogP contribution in [0.3, 0.4) is 0 Å². The lowest BCUT2D eigenvalue weighted by Crippen LogP contribution is -2.24.